The second-order valence-corrected chi connectivity index (χ2v) is 7.18. The van der Waals surface area contributed by atoms with Gasteiger partial charge in [-0.3, -0.25) is 4.79 Å². The van der Waals surface area contributed by atoms with Crippen molar-refractivity contribution >= 4 is 16.0 Å². The van der Waals surface area contributed by atoms with Crippen LogP contribution in [0.5, 0.6) is 0 Å². The van der Waals surface area contributed by atoms with Crippen molar-refractivity contribution in [3.8, 4) is 0 Å². The number of carbonyl (C=O) groups is 1. The molecule has 1 atom stereocenters. The van der Waals surface area contributed by atoms with Crippen molar-refractivity contribution in [3.05, 3.63) is 24.0 Å². The van der Waals surface area contributed by atoms with Gasteiger partial charge < -0.3 is 4.74 Å². The van der Waals surface area contributed by atoms with Crippen molar-refractivity contribution in [2.45, 2.75) is 43.0 Å². The van der Waals surface area contributed by atoms with E-state index in [0.29, 0.717) is 25.0 Å². The van der Waals surface area contributed by atoms with Crippen LogP contribution < -0.4 is 4.72 Å². The number of pyridine rings is 1. The van der Waals surface area contributed by atoms with Gasteiger partial charge >= 0.3 is 5.97 Å². The Morgan fingerprint density at radius 2 is 1.83 bits per heavy atom. The van der Waals surface area contributed by atoms with Gasteiger partial charge in [0, 0.05) is 12.1 Å². The Balaban J connectivity index is 2.27. The van der Waals surface area contributed by atoms with Gasteiger partial charge in [0.05, 0.1) is 12.0 Å². The molecule has 0 aromatic carbocycles. The molecular formula is C14H18F2N2O4S. The number of hydrogen-bond acceptors (Lipinski definition) is 5. The monoisotopic (exact) mass is 348 g/mol. The van der Waals surface area contributed by atoms with Crippen LogP contribution in [0.3, 0.4) is 0 Å². The van der Waals surface area contributed by atoms with Crippen molar-refractivity contribution in [1.29, 1.82) is 0 Å². The van der Waals surface area contributed by atoms with E-state index in [9.17, 15) is 22.0 Å². The number of ether oxygens (including phenoxy) is 1. The van der Waals surface area contributed by atoms with Crippen LogP contribution in [0.25, 0.3) is 0 Å². The Bertz CT molecular complexity index is 655. The van der Waals surface area contributed by atoms with Crippen LogP contribution >= 0.6 is 0 Å². The minimum absolute atomic E-state index is 0.206. The molecule has 1 fully saturated rings. The molecule has 0 saturated heterocycles. The summed E-state index contributed by atoms with van der Waals surface area (Å²) in [6.07, 6.45) is 4.16. The molecule has 0 unspecified atom stereocenters. The number of methoxy groups -OCH3 is 1. The molecule has 1 saturated carbocycles. The normalized spacial score (nSPS) is 17.7. The number of nitrogens with one attached hydrogen (secondary N) is 1. The van der Waals surface area contributed by atoms with Gasteiger partial charge in [0.2, 0.25) is 21.9 Å². The first-order chi connectivity index (χ1) is 10.8. The molecule has 1 aromatic rings. The number of nitrogens with zero attached hydrogens (tertiary/aromatic N) is 1. The van der Waals surface area contributed by atoms with Crippen molar-refractivity contribution in [3.63, 3.8) is 0 Å². The molecule has 0 spiro atoms. The summed E-state index contributed by atoms with van der Waals surface area (Å²) in [5.41, 5.74) is 0. The Hall–Kier alpha value is -1.61. The average Bonchev–Trinajstić information content (AvgIpc) is 2.52. The van der Waals surface area contributed by atoms with Crippen LogP contribution in [0, 0.1) is 17.8 Å². The van der Waals surface area contributed by atoms with Crippen molar-refractivity contribution in [1.82, 2.24) is 9.71 Å². The summed E-state index contributed by atoms with van der Waals surface area (Å²) in [6, 6.07) is 0.117. The molecule has 9 heteroatoms. The van der Waals surface area contributed by atoms with Gasteiger partial charge in [-0.1, -0.05) is 19.3 Å². The third-order valence-corrected chi connectivity index (χ3v) is 5.33. The first-order valence-corrected chi connectivity index (χ1v) is 8.75. The SMILES string of the molecule is COC(=O)[C@H](NS(=O)(=O)c1cc(F)nc(F)c1)C1CCCCC1. The lowest BCUT2D eigenvalue weighted by Crippen LogP contribution is -2.47. The minimum atomic E-state index is -4.28. The highest BCUT2D eigenvalue weighted by molar-refractivity contribution is 7.89. The predicted octanol–water partition coefficient (Wildman–Crippen LogP) is 1.76. The lowest BCUT2D eigenvalue weighted by atomic mass is 9.84. The van der Waals surface area contributed by atoms with Crippen LogP contribution in [0.2, 0.25) is 0 Å². The third-order valence-electron chi connectivity index (χ3n) is 3.91. The quantitative estimate of drug-likeness (QED) is 0.647. The number of halogens is 2. The highest BCUT2D eigenvalue weighted by atomic mass is 32.2. The largest absolute Gasteiger partial charge is 0.468 e. The van der Waals surface area contributed by atoms with Gasteiger partial charge in [-0.2, -0.15) is 18.5 Å². The molecule has 1 aliphatic carbocycles. The molecule has 1 aromatic heterocycles. The fourth-order valence-electron chi connectivity index (χ4n) is 2.76. The van der Waals surface area contributed by atoms with E-state index in [1.807, 2.05) is 0 Å². The maximum absolute atomic E-state index is 13.1. The van der Waals surface area contributed by atoms with Crippen LogP contribution in [0.15, 0.2) is 17.0 Å². The number of hydrogen-bond donors (Lipinski definition) is 1. The first-order valence-electron chi connectivity index (χ1n) is 7.27. The van der Waals surface area contributed by atoms with E-state index in [1.54, 1.807) is 0 Å². The summed E-state index contributed by atoms with van der Waals surface area (Å²) in [5, 5.41) is 0. The van der Waals surface area contributed by atoms with E-state index in [-0.39, 0.29) is 5.92 Å². The van der Waals surface area contributed by atoms with Gasteiger partial charge in [-0.25, -0.2) is 8.42 Å². The summed E-state index contributed by atoms with van der Waals surface area (Å²) >= 11 is 0. The number of rotatable bonds is 5. The van der Waals surface area contributed by atoms with E-state index in [2.05, 4.69) is 14.4 Å². The number of carbonyl (C=O) groups excluding carboxylic acids is 1. The van der Waals surface area contributed by atoms with Crippen molar-refractivity contribution in [2.75, 3.05) is 7.11 Å². The molecule has 128 valence electrons. The van der Waals surface area contributed by atoms with E-state index < -0.39 is 38.8 Å². The molecule has 0 bridgehead atoms. The Morgan fingerprint density at radius 3 is 2.35 bits per heavy atom. The fraction of sp³-hybridized carbons (Fsp3) is 0.571. The molecule has 0 amide bonds. The highest BCUT2D eigenvalue weighted by Crippen LogP contribution is 2.28. The summed E-state index contributed by atoms with van der Waals surface area (Å²) in [5.74, 6) is -3.42. The predicted molar refractivity (Wildman–Crippen MR) is 76.9 cm³/mol. The molecule has 0 aliphatic heterocycles. The van der Waals surface area contributed by atoms with Gasteiger partial charge in [-0.05, 0) is 18.8 Å². The molecule has 23 heavy (non-hydrogen) atoms. The average molecular weight is 348 g/mol. The zero-order chi connectivity index (χ0) is 17.0. The van der Waals surface area contributed by atoms with E-state index in [4.69, 9.17) is 0 Å². The Kier molecular flexibility index (Phi) is 5.64. The minimum Gasteiger partial charge on any atom is -0.468 e. The molecule has 0 radical (unpaired) electrons. The molecule has 1 N–H and O–H groups in total. The zero-order valence-electron chi connectivity index (χ0n) is 12.6. The van der Waals surface area contributed by atoms with Gasteiger partial charge in [0.1, 0.15) is 6.04 Å². The molecule has 2 rings (SSSR count). The summed E-state index contributed by atoms with van der Waals surface area (Å²) < 4.78 is 57.8. The van der Waals surface area contributed by atoms with Gasteiger partial charge in [0.15, 0.2) is 0 Å². The lowest BCUT2D eigenvalue weighted by Gasteiger charge is -2.28. The van der Waals surface area contributed by atoms with E-state index >= 15 is 0 Å². The highest BCUT2D eigenvalue weighted by Gasteiger charge is 2.34. The van der Waals surface area contributed by atoms with Gasteiger partial charge in [0.25, 0.3) is 0 Å². The summed E-state index contributed by atoms with van der Waals surface area (Å²) in [4.78, 5) is 14.2. The van der Waals surface area contributed by atoms with Crippen LogP contribution in [-0.2, 0) is 19.6 Å². The van der Waals surface area contributed by atoms with Crippen LogP contribution in [-0.4, -0.2) is 32.5 Å². The summed E-state index contributed by atoms with van der Waals surface area (Å²) in [7, 11) is -3.11. The van der Waals surface area contributed by atoms with Gasteiger partial charge in [-0.15, -0.1) is 0 Å². The maximum atomic E-state index is 13.1. The smallest absolute Gasteiger partial charge is 0.324 e. The standard InChI is InChI=1S/C14H18F2N2O4S/c1-22-14(19)13(9-5-3-2-4-6-9)18-23(20,21)10-7-11(15)17-12(16)8-10/h7-9,13,18H,2-6H2,1H3/t13-/m1/s1. The van der Waals surface area contributed by atoms with E-state index in [1.165, 1.54) is 0 Å². The molecular weight excluding hydrogens is 330 g/mol. The molecule has 6 nitrogen and oxygen atoms in total. The van der Waals surface area contributed by atoms with Crippen molar-refractivity contribution < 1.29 is 26.7 Å². The second-order valence-electron chi connectivity index (χ2n) is 5.47. The first kappa shape index (κ1) is 17.7. The van der Waals surface area contributed by atoms with Crippen molar-refractivity contribution in [2.24, 2.45) is 5.92 Å². The maximum Gasteiger partial charge on any atom is 0.324 e. The molecule has 1 aliphatic rings. The third kappa shape index (κ3) is 4.44. The fourth-order valence-corrected chi connectivity index (χ4v) is 4.03. The zero-order valence-corrected chi connectivity index (χ0v) is 13.4. The molecule has 1 heterocycles. The number of esters is 1. The number of sulfonamides is 1. The lowest BCUT2D eigenvalue weighted by molar-refractivity contribution is -0.144. The van der Waals surface area contributed by atoms with Crippen LogP contribution in [0.4, 0.5) is 8.78 Å². The second kappa shape index (κ2) is 7.31. The topological polar surface area (TPSA) is 85.4 Å². The van der Waals surface area contributed by atoms with Crippen LogP contribution in [0.1, 0.15) is 32.1 Å². The van der Waals surface area contributed by atoms with E-state index in [0.717, 1.165) is 26.4 Å². The Morgan fingerprint density at radius 1 is 1.26 bits per heavy atom. The Labute approximate surface area is 133 Å². The summed E-state index contributed by atoms with van der Waals surface area (Å²) in [6.45, 7) is 0. The number of aromatic nitrogens is 1.